The van der Waals surface area contributed by atoms with Crippen molar-refractivity contribution in [3.8, 4) is 11.5 Å². The Hall–Kier alpha value is -2.94. The molecule has 0 radical (unpaired) electrons. The summed E-state index contributed by atoms with van der Waals surface area (Å²) in [6, 6.07) is 27.2. The monoisotopic (exact) mass is 431 g/mol. The molecule has 3 aromatic carbocycles. The smallest absolute Gasteiger partial charge is 0.123 e. The van der Waals surface area contributed by atoms with Gasteiger partial charge in [-0.15, -0.1) is 0 Å². The van der Waals surface area contributed by atoms with E-state index in [0.717, 1.165) is 49.4 Å². The standard InChI is InChI=1S/C29H37NO2/c1-4-23(3)28-18-9-10-19-29(28)32-26(5-2)22-30-25-16-11-17-27(21-25)31-20-12-15-24-13-7-6-8-14-24/h6-11,13-14,16-19,21,23,26,30H,4-5,12,15,20,22H2,1-3H3. The first kappa shape index (κ1) is 23.7. The fraction of sp³-hybridized carbons (Fsp3) is 0.379. The lowest BCUT2D eigenvalue weighted by Gasteiger charge is -2.22. The Kier molecular flexibility index (Phi) is 9.49. The van der Waals surface area contributed by atoms with E-state index in [1.807, 2.05) is 12.1 Å². The molecule has 0 heterocycles. The van der Waals surface area contributed by atoms with Gasteiger partial charge in [0.1, 0.15) is 17.6 Å². The van der Waals surface area contributed by atoms with E-state index in [-0.39, 0.29) is 6.10 Å². The Morgan fingerprint density at radius 2 is 1.62 bits per heavy atom. The van der Waals surface area contributed by atoms with Gasteiger partial charge in [-0.25, -0.2) is 0 Å². The third-order valence-corrected chi connectivity index (χ3v) is 5.90. The second-order valence-corrected chi connectivity index (χ2v) is 8.34. The Balaban J connectivity index is 1.49. The fourth-order valence-corrected chi connectivity index (χ4v) is 3.70. The van der Waals surface area contributed by atoms with Gasteiger partial charge in [-0.1, -0.05) is 75.4 Å². The van der Waals surface area contributed by atoms with Gasteiger partial charge in [-0.2, -0.15) is 0 Å². The van der Waals surface area contributed by atoms with Crippen LogP contribution in [0.3, 0.4) is 0 Å². The predicted molar refractivity (Wildman–Crippen MR) is 135 cm³/mol. The van der Waals surface area contributed by atoms with Crippen molar-refractivity contribution in [2.75, 3.05) is 18.5 Å². The molecule has 0 aliphatic heterocycles. The number of rotatable bonds is 13. The summed E-state index contributed by atoms with van der Waals surface area (Å²) < 4.78 is 12.4. The number of anilines is 1. The number of benzene rings is 3. The lowest BCUT2D eigenvalue weighted by Crippen LogP contribution is -2.26. The van der Waals surface area contributed by atoms with Crippen molar-refractivity contribution < 1.29 is 9.47 Å². The van der Waals surface area contributed by atoms with E-state index in [2.05, 4.69) is 92.8 Å². The van der Waals surface area contributed by atoms with E-state index in [0.29, 0.717) is 12.5 Å². The number of ether oxygens (including phenoxy) is 2. The van der Waals surface area contributed by atoms with Crippen LogP contribution in [0.2, 0.25) is 0 Å². The molecule has 3 aromatic rings. The minimum absolute atomic E-state index is 0.107. The van der Waals surface area contributed by atoms with Crippen LogP contribution in [0.15, 0.2) is 78.9 Å². The van der Waals surface area contributed by atoms with Crippen LogP contribution >= 0.6 is 0 Å². The Morgan fingerprint density at radius 1 is 0.844 bits per heavy atom. The molecule has 3 nitrogen and oxygen atoms in total. The third kappa shape index (κ3) is 7.33. The number of nitrogens with one attached hydrogen (secondary N) is 1. The van der Waals surface area contributed by atoms with Gasteiger partial charge < -0.3 is 14.8 Å². The van der Waals surface area contributed by atoms with Crippen LogP contribution in [-0.4, -0.2) is 19.3 Å². The number of hydrogen-bond donors (Lipinski definition) is 1. The summed E-state index contributed by atoms with van der Waals surface area (Å²) in [4.78, 5) is 0. The molecule has 0 spiro atoms. The molecule has 0 aliphatic rings. The summed E-state index contributed by atoms with van der Waals surface area (Å²) >= 11 is 0. The van der Waals surface area contributed by atoms with Crippen molar-refractivity contribution in [1.29, 1.82) is 0 Å². The molecule has 1 N–H and O–H groups in total. The number of aryl methyl sites for hydroxylation is 1. The van der Waals surface area contributed by atoms with Crippen molar-refractivity contribution in [2.45, 2.75) is 58.5 Å². The molecule has 0 bridgehead atoms. The lowest BCUT2D eigenvalue weighted by molar-refractivity contribution is 0.207. The summed E-state index contributed by atoms with van der Waals surface area (Å²) in [7, 11) is 0. The van der Waals surface area contributed by atoms with Gasteiger partial charge >= 0.3 is 0 Å². The second-order valence-electron chi connectivity index (χ2n) is 8.34. The second kappa shape index (κ2) is 12.8. The average molecular weight is 432 g/mol. The molecule has 0 amide bonds. The number of hydrogen-bond acceptors (Lipinski definition) is 3. The van der Waals surface area contributed by atoms with Gasteiger partial charge in [0.2, 0.25) is 0 Å². The van der Waals surface area contributed by atoms with Crippen LogP contribution in [-0.2, 0) is 6.42 Å². The summed E-state index contributed by atoms with van der Waals surface area (Å²) in [5.74, 6) is 2.40. The average Bonchev–Trinajstić information content (AvgIpc) is 2.85. The maximum absolute atomic E-state index is 6.40. The molecule has 0 saturated carbocycles. The highest BCUT2D eigenvalue weighted by Crippen LogP contribution is 2.29. The molecule has 32 heavy (non-hydrogen) atoms. The van der Waals surface area contributed by atoms with Gasteiger partial charge in [-0.05, 0) is 60.9 Å². The number of para-hydroxylation sites is 1. The van der Waals surface area contributed by atoms with Crippen LogP contribution in [0, 0.1) is 0 Å². The molecule has 3 heteroatoms. The van der Waals surface area contributed by atoms with Crippen molar-refractivity contribution in [1.82, 2.24) is 0 Å². The maximum Gasteiger partial charge on any atom is 0.123 e. The van der Waals surface area contributed by atoms with E-state index in [4.69, 9.17) is 9.47 Å². The highest BCUT2D eigenvalue weighted by atomic mass is 16.5. The van der Waals surface area contributed by atoms with E-state index >= 15 is 0 Å². The molecule has 0 fully saturated rings. The third-order valence-electron chi connectivity index (χ3n) is 5.90. The first-order valence-electron chi connectivity index (χ1n) is 12.0. The molecule has 2 unspecified atom stereocenters. The van der Waals surface area contributed by atoms with E-state index in [1.165, 1.54) is 11.1 Å². The summed E-state index contributed by atoms with van der Waals surface area (Å²) in [6.45, 7) is 8.11. The molecule has 0 aliphatic carbocycles. The first-order chi connectivity index (χ1) is 15.7. The summed E-state index contributed by atoms with van der Waals surface area (Å²) in [5, 5.41) is 3.53. The Morgan fingerprint density at radius 3 is 2.41 bits per heavy atom. The van der Waals surface area contributed by atoms with Gasteiger partial charge in [0.25, 0.3) is 0 Å². The minimum Gasteiger partial charge on any atom is -0.494 e. The van der Waals surface area contributed by atoms with Crippen LogP contribution in [0.4, 0.5) is 5.69 Å². The van der Waals surface area contributed by atoms with Gasteiger partial charge in [-0.3, -0.25) is 0 Å². The molecule has 2 atom stereocenters. The molecular weight excluding hydrogens is 394 g/mol. The fourth-order valence-electron chi connectivity index (χ4n) is 3.70. The summed E-state index contributed by atoms with van der Waals surface area (Å²) in [6.07, 6.45) is 4.19. The quantitative estimate of drug-likeness (QED) is 0.285. The minimum atomic E-state index is 0.107. The lowest BCUT2D eigenvalue weighted by atomic mass is 9.98. The highest BCUT2D eigenvalue weighted by Gasteiger charge is 2.14. The van der Waals surface area contributed by atoms with Gasteiger partial charge in [0.15, 0.2) is 0 Å². The molecule has 170 valence electrons. The topological polar surface area (TPSA) is 30.5 Å². The normalized spacial score (nSPS) is 12.7. The van der Waals surface area contributed by atoms with Crippen molar-refractivity contribution in [3.05, 3.63) is 90.0 Å². The largest absolute Gasteiger partial charge is 0.494 e. The van der Waals surface area contributed by atoms with Crippen molar-refractivity contribution in [3.63, 3.8) is 0 Å². The van der Waals surface area contributed by atoms with Crippen LogP contribution in [0.25, 0.3) is 0 Å². The van der Waals surface area contributed by atoms with E-state index < -0.39 is 0 Å². The van der Waals surface area contributed by atoms with Crippen LogP contribution in [0.5, 0.6) is 11.5 Å². The Bertz CT molecular complexity index is 925. The first-order valence-corrected chi connectivity index (χ1v) is 12.0. The summed E-state index contributed by atoms with van der Waals surface area (Å²) in [5.41, 5.74) is 3.70. The molecular formula is C29H37NO2. The highest BCUT2D eigenvalue weighted by molar-refractivity contribution is 5.48. The van der Waals surface area contributed by atoms with E-state index in [9.17, 15) is 0 Å². The predicted octanol–water partition coefficient (Wildman–Crippen LogP) is 7.48. The zero-order valence-electron chi connectivity index (χ0n) is 19.7. The molecule has 3 rings (SSSR count). The van der Waals surface area contributed by atoms with Gasteiger partial charge in [0, 0.05) is 11.8 Å². The Labute approximate surface area is 193 Å². The zero-order chi connectivity index (χ0) is 22.6. The molecule has 0 saturated heterocycles. The SMILES string of the molecule is CCC(CNc1cccc(OCCCc2ccccc2)c1)Oc1ccccc1C(C)CC. The van der Waals surface area contributed by atoms with Gasteiger partial charge in [0.05, 0.1) is 13.2 Å². The maximum atomic E-state index is 6.40. The van der Waals surface area contributed by atoms with Crippen LogP contribution < -0.4 is 14.8 Å². The van der Waals surface area contributed by atoms with E-state index in [1.54, 1.807) is 0 Å². The molecule has 0 aromatic heterocycles. The zero-order valence-corrected chi connectivity index (χ0v) is 19.7. The van der Waals surface area contributed by atoms with Crippen molar-refractivity contribution in [2.24, 2.45) is 0 Å². The van der Waals surface area contributed by atoms with Crippen LogP contribution in [0.1, 0.15) is 57.1 Å². The van der Waals surface area contributed by atoms with Crippen molar-refractivity contribution >= 4 is 5.69 Å².